The molecule has 0 aliphatic carbocycles. The molecule has 0 amide bonds. The van der Waals surface area contributed by atoms with Crippen molar-refractivity contribution in [3.05, 3.63) is 63.1 Å². The summed E-state index contributed by atoms with van der Waals surface area (Å²) in [7, 11) is 1.63. The molecule has 1 N–H and O–H groups in total. The molecule has 2 nitrogen and oxygen atoms in total. The van der Waals surface area contributed by atoms with Gasteiger partial charge < -0.3 is 9.84 Å². The van der Waals surface area contributed by atoms with Crippen LogP contribution in [0.5, 0.6) is 5.75 Å². The summed E-state index contributed by atoms with van der Waals surface area (Å²) in [6, 6.07) is 12.1. The van der Waals surface area contributed by atoms with Gasteiger partial charge in [0.05, 0.1) is 7.11 Å². The van der Waals surface area contributed by atoms with Crippen molar-refractivity contribution in [3.63, 3.8) is 0 Å². The fourth-order valence-corrected chi connectivity index (χ4v) is 2.86. The highest BCUT2D eigenvalue weighted by Gasteiger charge is 2.18. The molecule has 0 spiro atoms. The van der Waals surface area contributed by atoms with Gasteiger partial charge in [-0.2, -0.15) is 0 Å². The predicted molar refractivity (Wildman–Crippen MR) is 90.0 cm³/mol. The van der Waals surface area contributed by atoms with Crippen molar-refractivity contribution in [2.45, 2.75) is 32.8 Å². The fourth-order valence-electron chi connectivity index (χ4n) is 2.52. The van der Waals surface area contributed by atoms with Crippen molar-refractivity contribution in [1.29, 1.82) is 0 Å². The van der Waals surface area contributed by atoms with Crippen molar-refractivity contribution in [3.8, 4) is 5.75 Å². The molecule has 21 heavy (non-hydrogen) atoms. The number of aliphatic hydroxyl groups excluding tert-OH is 1. The first kappa shape index (κ1) is 16.1. The Bertz CT molecular complexity index is 623. The molecule has 0 bridgehead atoms. The van der Waals surface area contributed by atoms with E-state index >= 15 is 0 Å². The second kappa shape index (κ2) is 7.10. The topological polar surface area (TPSA) is 29.5 Å². The number of halogens is 1. The van der Waals surface area contributed by atoms with Gasteiger partial charge >= 0.3 is 0 Å². The molecule has 0 saturated heterocycles. The van der Waals surface area contributed by atoms with Gasteiger partial charge in [0.1, 0.15) is 11.9 Å². The van der Waals surface area contributed by atoms with E-state index in [-0.39, 0.29) is 0 Å². The second-order valence-corrected chi connectivity index (χ2v) is 5.94. The zero-order valence-corrected chi connectivity index (χ0v) is 14.3. The maximum Gasteiger partial charge on any atom is 0.126 e. The molecule has 3 heteroatoms. The average molecular weight is 349 g/mol. The zero-order valence-electron chi connectivity index (χ0n) is 12.7. The Morgan fingerprint density at radius 3 is 2.43 bits per heavy atom. The molecule has 112 valence electrons. The molecule has 1 atom stereocenters. The Morgan fingerprint density at radius 1 is 1.05 bits per heavy atom. The van der Waals surface area contributed by atoms with Gasteiger partial charge in [-0.05, 0) is 41.7 Å². The van der Waals surface area contributed by atoms with Crippen LogP contribution in [0.1, 0.15) is 42.2 Å². The lowest BCUT2D eigenvalue weighted by molar-refractivity contribution is 0.213. The van der Waals surface area contributed by atoms with Gasteiger partial charge in [-0.25, -0.2) is 0 Å². The predicted octanol–water partition coefficient (Wildman–Crippen LogP) is 4.66. The molecule has 1 unspecified atom stereocenters. The summed E-state index contributed by atoms with van der Waals surface area (Å²) < 4.78 is 6.35. The largest absolute Gasteiger partial charge is 0.496 e. The van der Waals surface area contributed by atoms with E-state index in [2.05, 4.69) is 48.0 Å². The molecule has 2 aromatic rings. The van der Waals surface area contributed by atoms with E-state index < -0.39 is 6.10 Å². The van der Waals surface area contributed by atoms with Gasteiger partial charge in [-0.1, -0.05) is 54.0 Å². The number of aliphatic hydroxyl groups is 1. The number of benzene rings is 2. The van der Waals surface area contributed by atoms with Crippen LogP contribution in [0.15, 0.2) is 40.9 Å². The molecule has 0 aliphatic rings. The number of ether oxygens (including phenoxy) is 1. The van der Waals surface area contributed by atoms with Crippen LogP contribution in [0.3, 0.4) is 0 Å². The van der Waals surface area contributed by atoms with E-state index in [0.717, 1.165) is 28.4 Å². The van der Waals surface area contributed by atoms with Gasteiger partial charge in [0, 0.05) is 10.0 Å². The third-order valence-corrected chi connectivity index (χ3v) is 4.28. The van der Waals surface area contributed by atoms with Crippen LogP contribution >= 0.6 is 15.9 Å². The minimum absolute atomic E-state index is 0.672. The van der Waals surface area contributed by atoms with Gasteiger partial charge in [0.15, 0.2) is 0 Å². The molecule has 0 fully saturated rings. The fraction of sp³-hybridized carbons (Fsp3) is 0.333. The number of methoxy groups -OCH3 is 1. The molecule has 0 aromatic heterocycles. The first-order valence-corrected chi connectivity index (χ1v) is 8.03. The monoisotopic (exact) mass is 348 g/mol. The van der Waals surface area contributed by atoms with Crippen molar-refractivity contribution < 1.29 is 9.84 Å². The average Bonchev–Trinajstić information content (AvgIpc) is 2.53. The minimum atomic E-state index is -0.672. The normalized spacial score (nSPS) is 12.2. The summed E-state index contributed by atoms with van der Waals surface area (Å²) in [6.07, 6.45) is 1.19. The second-order valence-electron chi connectivity index (χ2n) is 5.03. The van der Waals surface area contributed by atoms with Crippen LogP contribution < -0.4 is 4.74 Å². The lowest BCUT2D eigenvalue weighted by Crippen LogP contribution is -2.06. The number of aryl methyl sites for hydroxylation is 2. The van der Waals surface area contributed by atoms with E-state index in [1.807, 2.05) is 18.2 Å². The van der Waals surface area contributed by atoms with Crippen LogP contribution in [0.4, 0.5) is 0 Å². The molecular weight excluding hydrogens is 328 g/mol. The molecule has 0 radical (unpaired) electrons. The van der Waals surface area contributed by atoms with Gasteiger partial charge in [-0.15, -0.1) is 0 Å². The highest BCUT2D eigenvalue weighted by molar-refractivity contribution is 9.10. The van der Waals surface area contributed by atoms with Crippen molar-refractivity contribution in [2.75, 3.05) is 7.11 Å². The lowest BCUT2D eigenvalue weighted by Gasteiger charge is -2.19. The molecule has 0 aliphatic heterocycles. The van der Waals surface area contributed by atoms with Crippen LogP contribution in [0.2, 0.25) is 0 Å². The summed E-state index contributed by atoms with van der Waals surface area (Å²) in [5, 5.41) is 10.8. The van der Waals surface area contributed by atoms with Crippen molar-refractivity contribution >= 4 is 15.9 Å². The van der Waals surface area contributed by atoms with E-state index in [4.69, 9.17) is 4.74 Å². The number of rotatable bonds is 5. The van der Waals surface area contributed by atoms with Crippen LogP contribution in [0.25, 0.3) is 0 Å². The summed E-state index contributed by atoms with van der Waals surface area (Å²) in [5.41, 5.74) is 4.17. The highest BCUT2D eigenvalue weighted by atomic mass is 79.9. The summed E-state index contributed by atoms with van der Waals surface area (Å²) in [5.74, 6) is 0.695. The highest BCUT2D eigenvalue weighted by Crippen LogP contribution is 2.34. The summed E-state index contributed by atoms with van der Waals surface area (Å²) in [4.78, 5) is 0. The van der Waals surface area contributed by atoms with E-state index in [1.54, 1.807) is 7.11 Å². The number of hydrogen-bond donors (Lipinski definition) is 1. The van der Waals surface area contributed by atoms with Gasteiger partial charge in [0.25, 0.3) is 0 Å². The maximum atomic E-state index is 10.8. The molecule has 0 saturated carbocycles. The van der Waals surface area contributed by atoms with Gasteiger partial charge in [-0.3, -0.25) is 0 Å². The molecule has 2 aromatic carbocycles. The molecule has 0 heterocycles. The first-order valence-electron chi connectivity index (χ1n) is 7.23. The van der Waals surface area contributed by atoms with Crippen molar-refractivity contribution in [2.24, 2.45) is 0 Å². The smallest absolute Gasteiger partial charge is 0.126 e. The minimum Gasteiger partial charge on any atom is -0.496 e. The van der Waals surface area contributed by atoms with Crippen LogP contribution in [0, 0.1) is 0 Å². The Kier molecular flexibility index (Phi) is 5.43. The SMILES string of the molecule is CCc1ccc(CC)c(C(O)c2ccc(Br)cc2OC)c1. The quantitative estimate of drug-likeness (QED) is 0.850. The van der Waals surface area contributed by atoms with Crippen molar-refractivity contribution in [1.82, 2.24) is 0 Å². The third kappa shape index (κ3) is 3.47. The Labute approximate surface area is 134 Å². The Balaban J connectivity index is 2.50. The van der Waals surface area contributed by atoms with E-state index in [1.165, 1.54) is 11.1 Å². The van der Waals surface area contributed by atoms with E-state index in [9.17, 15) is 5.11 Å². The molecule has 2 rings (SSSR count). The first-order chi connectivity index (χ1) is 10.1. The Morgan fingerprint density at radius 2 is 1.81 bits per heavy atom. The number of hydrogen-bond acceptors (Lipinski definition) is 2. The van der Waals surface area contributed by atoms with Gasteiger partial charge in [0.2, 0.25) is 0 Å². The summed E-state index contributed by atoms with van der Waals surface area (Å²) >= 11 is 3.43. The Hall–Kier alpha value is -1.32. The molecular formula is C18H21BrO2. The van der Waals surface area contributed by atoms with Crippen LogP contribution in [-0.4, -0.2) is 12.2 Å². The third-order valence-electron chi connectivity index (χ3n) is 3.78. The standard InChI is InChI=1S/C18H21BrO2/c1-4-12-6-7-13(5-2)16(10-12)18(20)15-9-8-14(19)11-17(15)21-3/h6-11,18,20H,4-5H2,1-3H3. The maximum absolute atomic E-state index is 10.8. The summed E-state index contributed by atoms with van der Waals surface area (Å²) in [6.45, 7) is 4.23. The lowest BCUT2D eigenvalue weighted by atomic mass is 9.93. The van der Waals surface area contributed by atoms with Crippen LogP contribution in [-0.2, 0) is 12.8 Å². The zero-order chi connectivity index (χ0) is 15.4. The van der Waals surface area contributed by atoms with E-state index in [0.29, 0.717) is 5.75 Å².